The van der Waals surface area contributed by atoms with Crippen molar-refractivity contribution in [1.29, 1.82) is 0 Å². The smallest absolute Gasteiger partial charge is 0.242 e. The molecule has 0 saturated carbocycles. The van der Waals surface area contributed by atoms with Crippen LogP contribution in [0, 0.1) is 0 Å². The zero-order valence-electron chi connectivity index (χ0n) is 15.0. The largest absolute Gasteiger partial charge is 0.375 e. The van der Waals surface area contributed by atoms with E-state index in [-0.39, 0.29) is 30.0 Å². The van der Waals surface area contributed by atoms with Crippen molar-refractivity contribution in [3.63, 3.8) is 0 Å². The Hall–Kier alpha value is -2.25. The number of carbonyl (C=O) groups excluding carboxylic acids is 1. The van der Waals surface area contributed by atoms with E-state index >= 15 is 0 Å². The molecule has 0 radical (unpaired) electrons. The summed E-state index contributed by atoms with van der Waals surface area (Å²) in [6.45, 7) is 4.75. The molecular weight excluding hydrogens is 330 g/mol. The van der Waals surface area contributed by atoms with Gasteiger partial charge in [-0.2, -0.15) is 5.10 Å². The lowest BCUT2D eigenvalue weighted by atomic mass is 9.72. The minimum atomic E-state index is -0.139. The second kappa shape index (κ2) is 7.17. The maximum atomic E-state index is 12.6. The summed E-state index contributed by atoms with van der Waals surface area (Å²) >= 11 is 0. The summed E-state index contributed by atoms with van der Waals surface area (Å²) in [5.74, 6) is -0.0778. The third-order valence-corrected chi connectivity index (χ3v) is 5.61. The van der Waals surface area contributed by atoms with Crippen molar-refractivity contribution < 1.29 is 9.53 Å². The second-order valence-electron chi connectivity index (χ2n) is 7.01. The highest BCUT2D eigenvalue weighted by Crippen LogP contribution is 2.51. The van der Waals surface area contributed by atoms with Crippen molar-refractivity contribution in [3.05, 3.63) is 48.0 Å². The van der Waals surface area contributed by atoms with E-state index in [1.54, 1.807) is 6.33 Å². The lowest BCUT2D eigenvalue weighted by molar-refractivity contribution is -0.124. The molecule has 0 bridgehead atoms. The first-order valence-electron chi connectivity index (χ1n) is 9.28. The summed E-state index contributed by atoms with van der Waals surface area (Å²) in [5.41, 5.74) is 2.47. The van der Waals surface area contributed by atoms with Gasteiger partial charge in [-0.3, -0.25) is 4.79 Å². The summed E-state index contributed by atoms with van der Waals surface area (Å²) in [7, 11) is 0. The van der Waals surface area contributed by atoms with E-state index in [9.17, 15) is 4.79 Å². The number of hydrogen-bond donors (Lipinski definition) is 2. The monoisotopic (exact) mass is 355 g/mol. The fourth-order valence-corrected chi connectivity index (χ4v) is 4.55. The number of fused-ring (bicyclic) bond motifs is 2. The average molecular weight is 355 g/mol. The van der Waals surface area contributed by atoms with Gasteiger partial charge in [0, 0.05) is 12.0 Å². The first-order valence-corrected chi connectivity index (χ1v) is 9.28. The number of aromatic nitrogens is 3. The maximum absolute atomic E-state index is 12.6. The van der Waals surface area contributed by atoms with E-state index in [2.05, 4.69) is 38.9 Å². The molecule has 26 heavy (non-hydrogen) atoms. The molecule has 4 rings (SSSR count). The number of nitrogens with one attached hydrogen (secondary N) is 2. The van der Waals surface area contributed by atoms with Crippen molar-refractivity contribution in [1.82, 2.24) is 25.4 Å². The van der Waals surface area contributed by atoms with Crippen LogP contribution in [-0.4, -0.2) is 46.5 Å². The molecular formula is C19H25N5O2. The van der Waals surface area contributed by atoms with Crippen LogP contribution < -0.4 is 10.6 Å². The quantitative estimate of drug-likeness (QED) is 0.842. The molecule has 1 saturated heterocycles. The van der Waals surface area contributed by atoms with Crippen LogP contribution in [0.4, 0.5) is 0 Å². The fraction of sp³-hybridized carbons (Fsp3) is 0.526. The number of hydrogen-bond acceptors (Lipinski definition) is 5. The lowest BCUT2D eigenvalue weighted by Crippen LogP contribution is -2.50. The summed E-state index contributed by atoms with van der Waals surface area (Å²) in [6, 6.07) is 8.32. The predicted molar refractivity (Wildman–Crippen MR) is 96.5 cm³/mol. The van der Waals surface area contributed by atoms with Gasteiger partial charge in [0.1, 0.15) is 19.2 Å². The van der Waals surface area contributed by atoms with Gasteiger partial charge in [-0.25, -0.2) is 9.67 Å². The van der Waals surface area contributed by atoms with Crippen LogP contribution in [0.2, 0.25) is 0 Å². The van der Waals surface area contributed by atoms with Crippen molar-refractivity contribution in [2.24, 2.45) is 0 Å². The molecule has 2 atom stereocenters. The minimum absolute atomic E-state index is 0.0386. The van der Waals surface area contributed by atoms with Crippen LogP contribution in [0.3, 0.4) is 0 Å². The highest BCUT2D eigenvalue weighted by molar-refractivity contribution is 5.76. The van der Waals surface area contributed by atoms with Gasteiger partial charge in [0.15, 0.2) is 0 Å². The maximum Gasteiger partial charge on any atom is 0.242 e. The molecule has 0 unspecified atom stereocenters. The number of carbonyl (C=O) groups is 1. The molecule has 2 aromatic rings. The van der Waals surface area contributed by atoms with Gasteiger partial charge in [0.2, 0.25) is 5.91 Å². The first-order chi connectivity index (χ1) is 12.7. The summed E-state index contributed by atoms with van der Waals surface area (Å²) in [5, 5.41) is 10.7. The summed E-state index contributed by atoms with van der Waals surface area (Å²) in [4.78, 5) is 16.5. The van der Waals surface area contributed by atoms with Crippen LogP contribution in [-0.2, 0) is 21.5 Å². The molecule has 1 aromatic heterocycles. The number of benzene rings is 1. The normalized spacial score (nSPS) is 23.7. The SMILES string of the molecule is CCO[C@@H]1[C@@H](NC(=O)Cn2cncn2)c2ccccc2C12CCNCC2. The van der Waals surface area contributed by atoms with E-state index < -0.39 is 0 Å². The Morgan fingerprint density at radius 1 is 1.38 bits per heavy atom. The number of nitrogens with zero attached hydrogens (tertiary/aromatic N) is 3. The van der Waals surface area contributed by atoms with Gasteiger partial charge in [-0.05, 0) is 44.0 Å². The molecule has 1 aromatic carbocycles. The van der Waals surface area contributed by atoms with E-state index in [1.807, 2.05) is 13.0 Å². The topological polar surface area (TPSA) is 81.1 Å². The summed E-state index contributed by atoms with van der Waals surface area (Å²) < 4.78 is 7.78. The van der Waals surface area contributed by atoms with E-state index in [0.29, 0.717) is 6.61 Å². The van der Waals surface area contributed by atoms with E-state index in [0.717, 1.165) is 25.9 Å². The third kappa shape index (κ3) is 2.91. The van der Waals surface area contributed by atoms with Gasteiger partial charge in [-0.15, -0.1) is 0 Å². The molecule has 7 heteroatoms. The van der Waals surface area contributed by atoms with Crippen LogP contribution in [0.1, 0.15) is 36.9 Å². The fourth-order valence-electron chi connectivity index (χ4n) is 4.55. The Labute approximate surface area is 153 Å². The number of ether oxygens (including phenoxy) is 1. The first kappa shape index (κ1) is 17.2. The lowest BCUT2D eigenvalue weighted by Gasteiger charge is -2.41. The van der Waals surface area contributed by atoms with Crippen LogP contribution in [0.25, 0.3) is 0 Å². The van der Waals surface area contributed by atoms with Crippen LogP contribution in [0.15, 0.2) is 36.9 Å². The van der Waals surface area contributed by atoms with Gasteiger partial charge in [0.25, 0.3) is 0 Å². The Kier molecular flexibility index (Phi) is 4.74. The van der Waals surface area contributed by atoms with E-state index in [1.165, 1.54) is 22.1 Å². The summed E-state index contributed by atoms with van der Waals surface area (Å²) in [6.07, 6.45) is 4.97. The molecule has 2 aliphatic rings. The Balaban J connectivity index is 1.64. The Morgan fingerprint density at radius 2 is 2.19 bits per heavy atom. The highest BCUT2D eigenvalue weighted by atomic mass is 16.5. The van der Waals surface area contributed by atoms with Crippen molar-refractivity contribution >= 4 is 5.91 Å². The molecule has 138 valence electrons. The van der Waals surface area contributed by atoms with E-state index in [4.69, 9.17) is 4.74 Å². The highest BCUT2D eigenvalue weighted by Gasteiger charge is 2.53. The average Bonchev–Trinajstić information content (AvgIpc) is 3.25. The Bertz CT molecular complexity index is 755. The number of piperidine rings is 1. The minimum Gasteiger partial charge on any atom is -0.375 e. The molecule has 7 nitrogen and oxygen atoms in total. The van der Waals surface area contributed by atoms with Gasteiger partial charge in [0.05, 0.1) is 12.1 Å². The number of rotatable bonds is 5. The van der Waals surface area contributed by atoms with Gasteiger partial charge < -0.3 is 15.4 Å². The van der Waals surface area contributed by atoms with Crippen LogP contribution >= 0.6 is 0 Å². The molecule has 1 aliphatic heterocycles. The van der Waals surface area contributed by atoms with Crippen molar-refractivity contribution in [2.75, 3.05) is 19.7 Å². The Morgan fingerprint density at radius 3 is 2.92 bits per heavy atom. The molecule has 1 spiro atoms. The molecule has 1 fully saturated rings. The second-order valence-corrected chi connectivity index (χ2v) is 7.01. The zero-order chi connectivity index (χ0) is 18.0. The number of amides is 1. The molecule has 2 N–H and O–H groups in total. The molecule has 2 heterocycles. The molecule has 1 aliphatic carbocycles. The predicted octanol–water partition coefficient (Wildman–Crippen LogP) is 1.18. The zero-order valence-corrected chi connectivity index (χ0v) is 15.0. The van der Waals surface area contributed by atoms with Crippen molar-refractivity contribution in [2.45, 2.75) is 43.9 Å². The molecule has 1 amide bonds. The van der Waals surface area contributed by atoms with Crippen LogP contribution in [0.5, 0.6) is 0 Å². The standard InChI is InChI=1S/C19H25N5O2/c1-2-26-18-17(23-16(25)11-24-13-21-12-22-24)14-5-3-4-6-15(14)19(18)7-9-20-10-8-19/h3-6,12-13,17-18,20H,2,7-11H2,1H3,(H,23,25)/t17-,18+/m0/s1. The van der Waals surface area contributed by atoms with Gasteiger partial charge >= 0.3 is 0 Å². The third-order valence-electron chi connectivity index (χ3n) is 5.61. The van der Waals surface area contributed by atoms with Gasteiger partial charge in [-0.1, -0.05) is 24.3 Å². The van der Waals surface area contributed by atoms with Crippen molar-refractivity contribution in [3.8, 4) is 0 Å².